The fourth-order valence-corrected chi connectivity index (χ4v) is 2.47. The van der Waals surface area contributed by atoms with Crippen LogP contribution in [0.25, 0.3) is 0 Å². The second kappa shape index (κ2) is 5.87. The number of nitrogens with one attached hydrogen (secondary N) is 2. The maximum atomic E-state index is 13.0. The van der Waals surface area contributed by atoms with Crippen molar-refractivity contribution in [3.05, 3.63) is 5.01 Å². The van der Waals surface area contributed by atoms with Gasteiger partial charge in [-0.2, -0.15) is 0 Å². The van der Waals surface area contributed by atoms with E-state index in [2.05, 4.69) is 20.8 Å². The van der Waals surface area contributed by atoms with Crippen LogP contribution in [0.1, 0.15) is 32.2 Å². The molecule has 0 spiro atoms. The number of alkyl halides is 2. The highest BCUT2D eigenvalue weighted by atomic mass is 35.5. The molecule has 1 fully saturated rings. The minimum Gasteiger partial charge on any atom is -0.300 e. The largest absolute Gasteiger partial charge is 0.300 e. The Morgan fingerprint density at radius 3 is 2.55 bits per heavy atom. The SMILES string of the molecule is CC(C)(C)c1nnc(NC(=O)C2CC(F)(F)CN2)s1.Cl. The number of aromatic nitrogens is 2. The first-order valence-electron chi connectivity index (χ1n) is 5.93. The predicted octanol–water partition coefficient (Wildman–Crippen LogP) is 2.19. The summed E-state index contributed by atoms with van der Waals surface area (Å²) in [4.78, 5) is 11.8. The van der Waals surface area contributed by atoms with Crippen LogP contribution < -0.4 is 10.6 Å². The highest BCUT2D eigenvalue weighted by molar-refractivity contribution is 7.15. The molecule has 2 heterocycles. The lowest BCUT2D eigenvalue weighted by Crippen LogP contribution is -2.35. The third-order valence-corrected chi connectivity index (χ3v) is 3.99. The molecule has 9 heteroatoms. The molecule has 1 atom stereocenters. The average molecular weight is 327 g/mol. The number of amides is 1. The van der Waals surface area contributed by atoms with Crippen molar-refractivity contribution in [2.45, 2.75) is 44.6 Å². The summed E-state index contributed by atoms with van der Waals surface area (Å²) < 4.78 is 26.0. The molecule has 1 aliphatic heterocycles. The molecule has 0 saturated carbocycles. The molecule has 0 aliphatic carbocycles. The summed E-state index contributed by atoms with van der Waals surface area (Å²) >= 11 is 1.26. The summed E-state index contributed by atoms with van der Waals surface area (Å²) in [6.07, 6.45) is -0.482. The number of hydrogen-bond donors (Lipinski definition) is 2. The van der Waals surface area contributed by atoms with Crippen LogP contribution in [0, 0.1) is 0 Å². The van der Waals surface area contributed by atoms with Crippen LogP contribution in [0.2, 0.25) is 0 Å². The normalized spacial score (nSPS) is 21.4. The zero-order valence-electron chi connectivity index (χ0n) is 11.4. The molecule has 1 aromatic rings. The van der Waals surface area contributed by atoms with E-state index in [-0.39, 0.29) is 17.8 Å². The van der Waals surface area contributed by atoms with Crippen molar-refractivity contribution >= 4 is 34.8 Å². The Morgan fingerprint density at radius 2 is 2.10 bits per heavy atom. The molecule has 114 valence electrons. The zero-order chi connectivity index (χ0) is 14.3. The second-order valence-electron chi connectivity index (χ2n) is 5.65. The van der Waals surface area contributed by atoms with Gasteiger partial charge in [-0.05, 0) is 0 Å². The average Bonchev–Trinajstić information content (AvgIpc) is 2.83. The van der Waals surface area contributed by atoms with Crippen molar-refractivity contribution in [2.24, 2.45) is 0 Å². The van der Waals surface area contributed by atoms with E-state index in [1.54, 1.807) is 0 Å². The van der Waals surface area contributed by atoms with E-state index < -0.39 is 30.8 Å². The number of carbonyl (C=O) groups is 1. The van der Waals surface area contributed by atoms with E-state index in [4.69, 9.17) is 0 Å². The number of rotatable bonds is 2. The van der Waals surface area contributed by atoms with Gasteiger partial charge in [-0.15, -0.1) is 22.6 Å². The Kier molecular flexibility index (Phi) is 5.04. The maximum Gasteiger partial charge on any atom is 0.262 e. The van der Waals surface area contributed by atoms with Crippen LogP contribution >= 0.6 is 23.7 Å². The molecule has 1 aromatic heterocycles. The molecule has 2 N–H and O–H groups in total. The lowest BCUT2D eigenvalue weighted by Gasteiger charge is -2.12. The summed E-state index contributed by atoms with van der Waals surface area (Å²) in [6.45, 7) is 5.49. The van der Waals surface area contributed by atoms with Gasteiger partial charge in [0.1, 0.15) is 5.01 Å². The van der Waals surface area contributed by atoms with Gasteiger partial charge in [0.05, 0.1) is 12.6 Å². The summed E-state index contributed by atoms with van der Waals surface area (Å²) in [5, 5.41) is 14.0. The van der Waals surface area contributed by atoms with Crippen LogP contribution in [0.5, 0.6) is 0 Å². The predicted molar refractivity (Wildman–Crippen MR) is 75.8 cm³/mol. The Bertz CT molecular complexity index is 489. The fourth-order valence-electron chi connectivity index (χ4n) is 1.67. The van der Waals surface area contributed by atoms with E-state index in [0.29, 0.717) is 5.13 Å². The van der Waals surface area contributed by atoms with Gasteiger partial charge >= 0.3 is 0 Å². The third kappa shape index (κ3) is 4.07. The second-order valence-corrected chi connectivity index (χ2v) is 6.62. The van der Waals surface area contributed by atoms with Crippen LogP contribution in [0.3, 0.4) is 0 Å². The van der Waals surface area contributed by atoms with Gasteiger partial charge in [0.25, 0.3) is 5.92 Å². The Hall–Kier alpha value is -0.860. The molecule has 1 aliphatic rings. The molecule has 1 unspecified atom stereocenters. The minimum absolute atomic E-state index is 0. The van der Waals surface area contributed by atoms with Crippen molar-refractivity contribution in [3.63, 3.8) is 0 Å². The van der Waals surface area contributed by atoms with E-state index in [1.165, 1.54) is 11.3 Å². The van der Waals surface area contributed by atoms with Crippen molar-refractivity contribution in [3.8, 4) is 0 Å². The van der Waals surface area contributed by atoms with Crippen LogP contribution in [0.4, 0.5) is 13.9 Å². The third-order valence-electron chi connectivity index (χ3n) is 2.72. The first kappa shape index (κ1) is 17.2. The van der Waals surface area contributed by atoms with Crippen LogP contribution in [-0.4, -0.2) is 34.6 Å². The number of anilines is 1. The standard InChI is InChI=1S/C11H16F2N4OS.ClH/c1-10(2,3)8-16-17-9(19-8)15-7(18)6-4-11(12,13)5-14-6;/h6,14H,4-5H2,1-3H3,(H,15,17,18);1H. The van der Waals surface area contributed by atoms with E-state index in [9.17, 15) is 13.6 Å². The topological polar surface area (TPSA) is 66.9 Å². The Labute approximate surface area is 126 Å². The van der Waals surface area contributed by atoms with Gasteiger partial charge in [-0.3, -0.25) is 15.4 Å². The molecule has 1 amide bonds. The zero-order valence-corrected chi connectivity index (χ0v) is 13.0. The molecule has 1 saturated heterocycles. The number of carbonyl (C=O) groups excluding carboxylic acids is 1. The maximum absolute atomic E-state index is 13.0. The van der Waals surface area contributed by atoms with E-state index >= 15 is 0 Å². The van der Waals surface area contributed by atoms with E-state index in [1.807, 2.05) is 20.8 Å². The van der Waals surface area contributed by atoms with Crippen molar-refractivity contribution in [1.29, 1.82) is 0 Å². The van der Waals surface area contributed by atoms with Gasteiger partial charge < -0.3 is 0 Å². The summed E-state index contributed by atoms with van der Waals surface area (Å²) in [7, 11) is 0. The van der Waals surface area contributed by atoms with Gasteiger partial charge in [-0.1, -0.05) is 32.1 Å². The fraction of sp³-hybridized carbons (Fsp3) is 0.727. The highest BCUT2D eigenvalue weighted by Crippen LogP contribution is 2.29. The summed E-state index contributed by atoms with van der Waals surface area (Å²) in [5.74, 6) is -3.31. The number of hydrogen-bond acceptors (Lipinski definition) is 5. The molecule has 0 radical (unpaired) electrons. The molecule has 5 nitrogen and oxygen atoms in total. The monoisotopic (exact) mass is 326 g/mol. The van der Waals surface area contributed by atoms with Crippen LogP contribution in [-0.2, 0) is 10.2 Å². The lowest BCUT2D eigenvalue weighted by atomic mass is 9.98. The number of nitrogens with zero attached hydrogens (tertiary/aromatic N) is 2. The minimum atomic E-state index is -2.82. The first-order chi connectivity index (χ1) is 8.67. The number of halogens is 3. The van der Waals surface area contributed by atoms with Crippen LogP contribution in [0.15, 0.2) is 0 Å². The van der Waals surface area contributed by atoms with Gasteiger partial charge in [-0.25, -0.2) is 8.78 Å². The van der Waals surface area contributed by atoms with Gasteiger partial charge in [0.15, 0.2) is 0 Å². The molecule has 0 aromatic carbocycles. The quantitative estimate of drug-likeness (QED) is 0.874. The Morgan fingerprint density at radius 1 is 1.45 bits per heavy atom. The summed E-state index contributed by atoms with van der Waals surface area (Å²) in [5.41, 5.74) is -0.153. The smallest absolute Gasteiger partial charge is 0.262 e. The molecular formula is C11H17ClF2N4OS. The van der Waals surface area contributed by atoms with Gasteiger partial charge in [0, 0.05) is 11.8 Å². The van der Waals surface area contributed by atoms with Crippen molar-refractivity contribution in [2.75, 3.05) is 11.9 Å². The molecule has 2 rings (SSSR count). The highest BCUT2D eigenvalue weighted by Gasteiger charge is 2.42. The lowest BCUT2D eigenvalue weighted by molar-refractivity contribution is -0.118. The van der Waals surface area contributed by atoms with Crippen molar-refractivity contribution in [1.82, 2.24) is 15.5 Å². The van der Waals surface area contributed by atoms with E-state index in [0.717, 1.165) is 5.01 Å². The summed E-state index contributed by atoms with van der Waals surface area (Å²) in [6, 6.07) is -0.878. The van der Waals surface area contributed by atoms with Gasteiger partial charge in [0.2, 0.25) is 11.0 Å². The molecule has 20 heavy (non-hydrogen) atoms. The Balaban J connectivity index is 0.00000200. The molecular weight excluding hydrogens is 310 g/mol. The first-order valence-corrected chi connectivity index (χ1v) is 6.75. The van der Waals surface area contributed by atoms with Crippen molar-refractivity contribution < 1.29 is 13.6 Å². The molecule has 0 bridgehead atoms.